The summed E-state index contributed by atoms with van der Waals surface area (Å²) in [5.74, 6) is -1.78. The highest BCUT2D eigenvalue weighted by atomic mass is 35.7. The summed E-state index contributed by atoms with van der Waals surface area (Å²) in [5.41, 5.74) is -0.329. The highest BCUT2D eigenvalue weighted by molar-refractivity contribution is 8.14. The highest BCUT2D eigenvalue weighted by Gasteiger charge is 2.28. The predicted molar refractivity (Wildman–Crippen MR) is 81.3 cm³/mol. The Morgan fingerprint density at radius 2 is 1.81 bits per heavy atom. The van der Waals surface area contributed by atoms with E-state index in [4.69, 9.17) is 33.9 Å². The van der Waals surface area contributed by atoms with Crippen LogP contribution >= 0.6 is 33.9 Å². The van der Waals surface area contributed by atoms with Crippen molar-refractivity contribution >= 4 is 48.8 Å². The van der Waals surface area contributed by atoms with E-state index in [2.05, 4.69) is 5.32 Å². The standard InChI is InChI=1S/C12H13Cl3FNO3S/c1-3-6(4-2)17-12(18)7-5-8(16)10(14)11(9(7)13)21(15,19)20/h5-6H,3-4H2,1-2H3,(H,17,18). The number of hydrogen-bond acceptors (Lipinski definition) is 3. The van der Waals surface area contributed by atoms with Gasteiger partial charge in [-0.3, -0.25) is 4.79 Å². The molecule has 21 heavy (non-hydrogen) atoms. The maximum Gasteiger partial charge on any atom is 0.264 e. The maximum absolute atomic E-state index is 13.7. The number of hydrogen-bond donors (Lipinski definition) is 1. The third-order valence-electron chi connectivity index (χ3n) is 2.93. The van der Waals surface area contributed by atoms with Crippen molar-refractivity contribution in [1.82, 2.24) is 5.32 Å². The van der Waals surface area contributed by atoms with Crippen LogP contribution < -0.4 is 5.32 Å². The molecule has 1 amide bonds. The van der Waals surface area contributed by atoms with Gasteiger partial charge in [-0.15, -0.1) is 0 Å². The number of benzene rings is 1. The van der Waals surface area contributed by atoms with Gasteiger partial charge in [-0.1, -0.05) is 37.0 Å². The van der Waals surface area contributed by atoms with Crippen LogP contribution in [0.3, 0.4) is 0 Å². The first-order valence-electron chi connectivity index (χ1n) is 6.06. The number of halogens is 4. The molecule has 118 valence electrons. The van der Waals surface area contributed by atoms with Crippen LogP contribution in [0.25, 0.3) is 0 Å². The molecule has 1 aromatic rings. The van der Waals surface area contributed by atoms with Crippen LogP contribution in [0.4, 0.5) is 4.39 Å². The molecule has 0 saturated carbocycles. The molecule has 1 N–H and O–H groups in total. The quantitative estimate of drug-likeness (QED) is 0.624. The lowest BCUT2D eigenvalue weighted by molar-refractivity contribution is 0.0934. The van der Waals surface area contributed by atoms with E-state index < -0.39 is 35.7 Å². The van der Waals surface area contributed by atoms with E-state index in [1.165, 1.54) is 0 Å². The first-order chi connectivity index (χ1) is 9.63. The van der Waals surface area contributed by atoms with Crippen LogP contribution in [-0.2, 0) is 9.05 Å². The minimum absolute atomic E-state index is 0.136. The number of rotatable bonds is 5. The van der Waals surface area contributed by atoms with Crippen LogP contribution in [0.1, 0.15) is 37.0 Å². The molecule has 0 unspecified atom stereocenters. The average Bonchev–Trinajstić information content (AvgIpc) is 2.38. The number of amides is 1. The van der Waals surface area contributed by atoms with Gasteiger partial charge in [0.25, 0.3) is 15.0 Å². The van der Waals surface area contributed by atoms with Gasteiger partial charge in [0.1, 0.15) is 10.7 Å². The summed E-state index contributed by atoms with van der Waals surface area (Å²) in [4.78, 5) is 11.3. The van der Waals surface area contributed by atoms with Crippen molar-refractivity contribution in [1.29, 1.82) is 0 Å². The van der Waals surface area contributed by atoms with Gasteiger partial charge in [0.05, 0.1) is 15.6 Å². The molecule has 0 saturated heterocycles. The van der Waals surface area contributed by atoms with Gasteiger partial charge in [0, 0.05) is 16.7 Å². The van der Waals surface area contributed by atoms with Gasteiger partial charge in [-0.25, -0.2) is 12.8 Å². The molecule has 0 fully saturated rings. The van der Waals surface area contributed by atoms with E-state index in [9.17, 15) is 17.6 Å². The lowest BCUT2D eigenvalue weighted by Crippen LogP contribution is -2.34. The fraction of sp³-hybridized carbons (Fsp3) is 0.417. The fourth-order valence-corrected chi connectivity index (χ4v) is 4.09. The van der Waals surface area contributed by atoms with E-state index in [1.54, 1.807) is 0 Å². The zero-order valence-electron chi connectivity index (χ0n) is 11.2. The Morgan fingerprint density at radius 1 is 1.29 bits per heavy atom. The van der Waals surface area contributed by atoms with Crippen molar-refractivity contribution < 1.29 is 17.6 Å². The monoisotopic (exact) mass is 375 g/mol. The van der Waals surface area contributed by atoms with Crippen molar-refractivity contribution in [2.75, 3.05) is 0 Å². The lowest BCUT2D eigenvalue weighted by atomic mass is 10.1. The maximum atomic E-state index is 13.7. The van der Waals surface area contributed by atoms with Gasteiger partial charge >= 0.3 is 0 Å². The first kappa shape index (κ1) is 18.5. The Bertz CT molecular complexity index is 660. The van der Waals surface area contributed by atoms with Crippen LogP contribution in [-0.4, -0.2) is 20.4 Å². The second-order valence-corrected chi connectivity index (χ2v) is 7.55. The third-order valence-corrected chi connectivity index (χ3v) is 5.27. The summed E-state index contributed by atoms with van der Waals surface area (Å²) in [5, 5.41) is 1.39. The molecule has 1 rings (SSSR count). The second-order valence-electron chi connectivity index (χ2n) is 4.29. The van der Waals surface area contributed by atoms with Gasteiger partial charge in [-0.05, 0) is 18.9 Å². The molecular weight excluding hydrogens is 364 g/mol. The Hall–Kier alpha value is -0.560. The summed E-state index contributed by atoms with van der Waals surface area (Å²) in [7, 11) is 0.789. The molecule has 4 nitrogen and oxygen atoms in total. The number of nitrogens with one attached hydrogen (secondary N) is 1. The Balaban J connectivity index is 3.39. The molecule has 0 bridgehead atoms. The predicted octanol–water partition coefficient (Wildman–Crippen LogP) is 3.98. The van der Waals surface area contributed by atoms with Crippen LogP contribution in [0, 0.1) is 5.82 Å². The lowest BCUT2D eigenvalue weighted by Gasteiger charge is -2.16. The summed E-state index contributed by atoms with van der Waals surface area (Å²) in [6, 6.07) is 0.650. The smallest absolute Gasteiger partial charge is 0.264 e. The molecule has 0 aliphatic carbocycles. The van der Waals surface area contributed by atoms with Crippen molar-refractivity contribution in [3.05, 3.63) is 27.5 Å². The fourth-order valence-electron chi connectivity index (χ4n) is 1.72. The van der Waals surface area contributed by atoms with Crippen LogP contribution in [0.2, 0.25) is 10.0 Å². The molecule has 0 spiro atoms. The largest absolute Gasteiger partial charge is 0.349 e. The molecule has 0 aliphatic heterocycles. The van der Waals surface area contributed by atoms with E-state index in [1.807, 2.05) is 13.8 Å². The van der Waals surface area contributed by atoms with E-state index >= 15 is 0 Å². The summed E-state index contributed by atoms with van der Waals surface area (Å²) in [6.07, 6.45) is 1.33. The average molecular weight is 377 g/mol. The second kappa shape index (κ2) is 7.13. The molecule has 0 heterocycles. The van der Waals surface area contributed by atoms with Crippen molar-refractivity contribution in [3.63, 3.8) is 0 Å². The van der Waals surface area contributed by atoms with E-state index in [-0.39, 0.29) is 11.6 Å². The van der Waals surface area contributed by atoms with E-state index in [0.717, 1.165) is 6.07 Å². The van der Waals surface area contributed by atoms with Gasteiger partial charge in [0.15, 0.2) is 0 Å². The summed E-state index contributed by atoms with van der Waals surface area (Å²) in [6.45, 7) is 3.74. The third kappa shape index (κ3) is 4.22. The molecular formula is C12H13Cl3FNO3S. The van der Waals surface area contributed by atoms with Gasteiger partial charge in [0.2, 0.25) is 0 Å². The highest BCUT2D eigenvalue weighted by Crippen LogP contribution is 2.36. The summed E-state index contributed by atoms with van der Waals surface area (Å²) >= 11 is 11.4. The minimum atomic E-state index is -4.39. The Labute approximate surface area is 137 Å². The van der Waals surface area contributed by atoms with Gasteiger partial charge < -0.3 is 5.32 Å². The SMILES string of the molecule is CCC(CC)NC(=O)c1cc(F)c(Cl)c(S(=O)(=O)Cl)c1Cl. The summed E-state index contributed by atoms with van der Waals surface area (Å²) < 4.78 is 36.6. The van der Waals surface area contributed by atoms with E-state index in [0.29, 0.717) is 12.8 Å². The zero-order chi connectivity index (χ0) is 16.4. The van der Waals surface area contributed by atoms with Gasteiger partial charge in [-0.2, -0.15) is 0 Å². The van der Waals surface area contributed by atoms with Crippen LogP contribution in [0.5, 0.6) is 0 Å². The number of carbonyl (C=O) groups excluding carboxylic acids is 1. The minimum Gasteiger partial charge on any atom is -0.349 e. The molecule has 0 atom stereocenters. The first-order valence-corrected chi connectivity index (χ1v) is 9.12. The topological polar surface area (TPSA) is 63.2 Å². The van der Waals surface area contributed by atoms with Crippen LogP contribution in [0.15, 0.2) is 11.0 Å². The van der Waals surface area contributed by atoms with Crippen molar-refractivity contribution in [3.8, 4) is 0 Å². The molecule has 0 aromatic heterocycles. The Morgan fingerprint density at radius 3 is 2.24 bits per heavy atom. The normalized spacial score (nSPS) is 11.8. The Kier molecular flexibility index (Phi) is 6.28. The van der Waals surface area contributed by atoms with Crippen molar-refractivity contribution in [2.24, 2.45) is 0 Å². The number of carbonyl (C=O) groups is 1. The molecule has 0 radical (unpaired) electrons. The zero-order valence-corrected chi connectivity index (χ0v) is 14.3. The molecule has 1 aromatic carbocycles. The molecule has 0 aliphatic rings. The van der Waals surface area contributed by atoms with Crippen molar-refractivity contribution in [2.45, 2.75) is 37.6 Å². The molecule has 9 heteroatoms.